The van der Waals surface area contributed by atoms with Gasteiger partial charge in [0.2, 0.25) is 0 Å². The fourth-order valence-electron chi connectivity index (χ4n) is 3.42. The normalized spacial score (nSPS) is 9.59. The summed E-state index contributed by atoms with van der Waals surface area (Å²) in [6.45, 7) is 13.2. The van der Waals surface area contributed by atoms with Gasteiger partial charge in [-0.2, -0.15) is 0 Å². The highest BCUT2D eigenvalue weighted by Crippen LogP contribution is 2.39. The van der Waals surface area contributed by atoms with Crippen molar-refractivity contribution in [2.45, 2.75) is 56.4 Å². The molecular weight excluding hydrogens is 364 g/mol. The molecule has 0 heterocycles. The highest BCUT2D eigenvalue weighted by atomic mass is 16.6. The summed E-state index contributed by atoms with van der Waals surface area (Å²) >= 11 is 0. The van der Waals surface area contributed by atoms with Crippen LogP contribution in [0, 0.1) is 41.5 Å². The van der Waals surface area contributed by atoms with E-state index in [9.17, 15) is 0 Å². The molecule has 0 amide bonds. The lowest BCUT2D eigenvalue weighted by molar-refractivity contribution is -0.00272. The third-order valence-electron chi connectivity index (χ3n) is 4.99. The lowest BCUT2D eigenvalue weighted by atomic mass is 9.88. The molecule has 2 aromatic rings. The van der Waals surface area contributed by atoms with Crippen molar-refractivity contribution < 1.29 is 18.9 Å². The van der Waals surface area contributed by atoms with Crippen LogP contribution in [0.15, 0.2) is 12.1 Å². The fraction of sp³-hybridized carbons (Fsp3) is 0.520. The third-order valence-corrected chi connectivity index (χ3v) is 4.99. The molecule has 2 rings (SSSR count). The Morgan fingerprint density at radius 1 is 0.552 bits per heavy atom. The number of benzene rings is 2. The van der Waals surface area contributed by atoms with Gasteiger partial charge in [-0.25, -0.2) is 0 Å². The van der Waals surface area contributed by atoms with Crippen LogP contribution in [-0.2, 0) is 9.47 Å². The van der Waals surface area contributed by atoms with E-state index in [1.807, 2.05) is 0 Å². The molecule has 0 unspecified atom stereocenters. The van der Waals surface area contributed by atoms with Crippen molar-refractivity contribution in [3.05, 3.63) is 45.5 Å². The van der Waals surface area contributed by atoms with Crippen LogP contribution in [0.25, 0.3) is 11.1 Å². The Bertz CT molecular complexity index is 714. The average molecular weight is 407 g/mol. The van der Waals surface area contributed by atoms with E-state index in [0.29, 0.717) is 6.79 Å². The zero-order valence-electron chi connectivity index (χ0n) is 18.5. The number of aryl methyl sites for hydroxylation is 2. The van der Waals surface area contributed by atoms with Crippen LogP contribution >= 0.6 is 0 Å². The van der Waals surface area contributed by atoms with Crippen molar-refractivity contribution >= 4 is 0 Å². The van der Waals surface area contributed by atoms with Crippen molar-refractivity contribution in [2.24, 2.45) is 0 Å². The molecule has 0 radical (unpaired) electrons. The molecule has 0 aliphatic carbocycles. The molecular formula is C25H42O4. The largest absolute Gasteiger partial charge is 0.496 e. The van der Waals surface area contributed by atoms with Crippen LogP contribution in [0.2, 0.25) is 0 Å². The Balaban J connectivity index is 0. The molecule has 166 valence electrons. The molecule has 0 spiro atoms. The zero-order chi connectivity index (χ0) is 20.7. The SMILES string of the molecule is C.C.COCOC.COc1c(C)cc(-c2cc(C)c(OC)c(C)c2C)c(C)c1C. The second-order valence-corrected chi connectivity index (χ2v) is 6.74. The third kappa shape index (κ3) is 6.48. The van der Waals surface area contributed by atoms with E-state index in [2.05, 4.69) is 63.1 Å². The molecule has 0 fully saturated rings. The summed E-state index contributed by atoms with van der Waals surface area (Å²) in [7, 11) is 6.65. The van der Waals surface area contributed by atoms with Crippen LogP contribution < -0.4 is 9.47 Å². The van der Waals surface area contributed by atoms with Crippen molar-refractivity contribution in [3.63, 3.8) is 0 Å². The van der Waals surface area contributed by atoms with Gasteiger partial charge in [0.05, 0.1) is 14.2 Å². The van der Waals surface area contributed by atoms with Gasteiger partial charge in [0, 0.05) is 14.2 Å². The number of hydrogen-bond acceptors (Lipinski definition) is 4. The summed E-state index contributed by atoms with van der Waals surface area (Å²) in [4.78, 5) is 0. The molecule has 0 aliphatic heterocycles. The van der Waals surface area contributed by atoms with Gasteiger partial charge in [-0.1, -0.05) is 14.9 Å². The zero-order valence-corrected chi connectivity index (χ0v) is 18.5. The summed E-state index contributed by atoms with van der Waals surface area (Å²) in [5.41, 5.74) is 9.87. The maximum absolute atomic E-state index is 5.54. The molecule has 0 atom stereocenters. The molecule has 29 heavy (non-hydrogen) atoms. The Labute approximate surface area is 179 Å². The molecule has 0 saturated heterocycles. The average Bonchev–Trinajstić information content (AvgIpc) is 2.63. The molecule has 0 bridgehead atoms. The van der Waals surface area contributed by atoms with E-state index in [-0.39, 0.29) is 14.9 Å². The number of ether oxygens (including phenoxy) is 4. The summed E-state index contributed by atoms with van der Waals surface area (Å²) in [5.74, 6) is 1.97. The molecule has 0 saturated carbocycles. The topological polar surface area (TPSA) is 36.9 Å². The van der Waals surface area contributed by atoms with Gasteiger partial charge in [-0.15, -0.1) is 0 Å². The minimum atomic E-state index is 0. The second kappa shape index (κ2) is 13.2. The quantitative estimate of drug-likeness (QED) is 0.516. The highest BCUT2D eigenvalue weighted by molar-refractivity contribution is 5.77. The van der Waals surface area contributed by atoms with E-state index in [1.165, 1.54) is 44.5 Å². The predicted molar refractivity (Wildman–Crippen MR) is 126 cm³/mol. The van der Waals surface area contributed by atoms with Gasteiger partial charge < -0.3 is 18.9 Å². The monoisotopic (exact) mass is 406 g/mol. The number of methoxy groups -OCH3 is 4. The standard InChI is InChI=1S/C20H26O2.C3H8O2.2CH4/c1-11-9-17(13(3)15(5)19(11)21-7)18-10-12(2)20(22-8)16(6)14(18)4;1-4-3-5-2;;/h9-10H,1-8H3;3H2,1-2H3;2*1H4. The van der Waals surface area contributed by atoms with Gasteiger partial charge in [-0.05, 0) is 98.2 Å². The van der Waals surface area contributed by atoms with Gasteiger partial charge >= 0.3 is 0 Å². The molecule has 0 aliphatic rings. The Morgan fingerprint density at radius 3 is 1.07 bits per heavy atom. The highest BCUT2D eigenvalue weighted by Gasteiger charge is 2.17. The first kappa shape index (κ1) is 29.2. The minimum absolute atomic E-state index is 0. The van der Waals surface area contributed by atoms with Gasteiger partial charge in [0.25, 0.3) is 0 Å². The van der Waals surface area contributed by atoms with Crippen LogP contribution in [0.1, 0.15) is 48.2 Å². The van der Waals surface area contributed by atoms with E-state index in [1.54, 1.807) is 28.4 Å². The Hall–Kier alpha value is -2.04. The molecule has 2 aromatic carbocycles. The molecule has 4 nitrogen and oxygen atoms in total. The molecule has 4 heteroatoms. The van der Waals surface area contributed by atoms with Gasteiger partial charge in [0.15, 0.2) is 0 Å². The first-order valence-corrected chi connectivity index (χ1v) is 9.02. The van der Waals surface area contributed by atoms with Crippen molar-refractivity contribution in [1.29, 1.82) is 0 Å². The van der Waals surface area contributed by atoms with Crippen molar-refractivity contribution in [1.82, 2.24) is 0 Å². The smallest absolute Gasteiger partial charge is 0.145 e. The molecule has 0 aromatic heterocycles. The predicted octanol–water partition coefficient (Wildman–Crippen LogP) is 6.73. The lowest BCUT2D eigenvalue weighted by Crippen LogP contribution is -2.00. The summed E-state index contributed by atoms with van der Waals surface area (Å²) < 4.78 is 20.0. The van der Waals surface area contributed by atoms with Crippen LogP contribution in [0.5, 0.6) is 11.5 Å². The Kier molecular flexibility index (Phi) is 13.3. The lowest BCUT2D eigenvalue weighted by Gasteiger charge is -2.20. The minimum Gasteiger partial charge on any atom is -0.496 e. The Morgan fingerprint density at radius 2 is 0.862 bits per heavy atom. The summed E-state index contributed by atoms with van der Waals surface area (Å²) in [6, 6.07) is 4.46. The van der Waals surface area contributed by atoms with E-state index < -0.39 is 0 Å². The van der Waals surface area contributed by atoms with E-state index >= 15 is 0 Å². The maximum atomic E-state index is 5.54. The first-order valence-electron chi connectivity index (χ1n) is 9.02. The van der Waals surface area contributed by atoms with Crippen LogP contribution in [-0.4, -0.2) is 35.2 Å². The van der Waals surface area contributed by atoms with E-state index in [4.69, 9.17) is 9.47 Å². The summed E-state index contributed by atoms with van der Waals surface area (Å²) in [5, 5.41) is 0. The van der Waals surface area contributed by atoms with Crippen molar-refractivity contribution in [2.75, 3.05) is 35.2 Å². The van der Waals surface area contributed by atoms with Gasteiger partial charge in [-0.3, -0.25) is 0 Å². The maximum Gasteiger partial charge on any atom is 0.145 e. The number of rotatable bonds is 5. The number of hydrogen-bond donors (Lipinski definition) is 0. The van der Waals surface area contributed by atoms with Gasteiger partial charge in [0.1, 0.15) is 18.3 Å². The van der Waals surface area contributed by atoms with Crippen LogP contribution in [0.4, 0.5) is 0 Å². The first-order chi connectivity index (χ1) is 12.7. The summed E-state index contributed by atoms with van der Waals surface area (Å²) in [6.07, 6.45) is 0. The molecule has 0 N–H and O–H groups in total. The van der Waals surface area contributed by atoms with Crippen molar-refractivity contribution in [3.8, 4) is 22.6 Å². The fourth-order valence-corrected chi connectivity index (χ4v) is 3.42. The van der Waals surface area contributed by atoms with Crippen LogP contribution in [0.3, 0.4) is 0 Å². The second-order valence-electron chi connectivity index (χ2n) is 6.74. The van der Waals surface area contributed by atoms with E-state index in [0.717, 1.165) is 11.5 Å².